The van der Waals surface area contributed by atoms with Gasteiger partial charge < -0.3 is 0 Å². The SMILES string of the molecule is C=C(C)CC/C(=C\N=C\CC)c1ccc(-c2nccc(-c3ccc(C4=CC5CCC=CC5c5ccccc54)cc3)n2)cc1. The van der Waals surface area contributed by atoms with Gasteiger partial charge in [0.25, 0.3) is 0 Å². The van der Waals surface area contributed by atoms with Crippen molar-refractivity contribution in [1.82, 2.24) is 9.97 Å². The lowest BCUT2D eigenvalue weighted by Crippen LogP contribution is -2.18. The highest BCUT2D eigenvalue weighted by molar-refractivity contribution is 5.84. The second-order valence-electron chi connectivity index (χ2n) is 11.6. The van der Waals surface area contributed by atoms with Gasteiger partial charge in [-0.2, -0.15) is 0 Å². The van der Waals surface area contributed by atoms with Crippen molar-refractivity contribution in [2.75, 3.05) is 0 Å². The van der Waals surface area contributed by atoms with Crippen LogP contribution >= 0.6 is 0 Å². The van der Waals surface area contributed by atoms with Crippen molar-refractivity contribution in [1.29, 1.82) is 0 Å². The molecule has 0 bridgehead atoms. The quantitative estimate of drug-likeness (QED) is 0.151. The maximum atomic E-state index is 4.96. The molecule has 1 heterocycles. The molecule has 2 aliphatic carbocycles. The minimum Gasteiger partial charge on any atom is -0.269 e. The molecule has 0 saturated carbocycles. The predicted molar refractivity (Wildman–Crippen MR) is 182 cm³/mol. The highest BCUT2D eigenvalue weighted by Gasteiger charge is 2.29. The summed E-state index contributed by atoms with van der Waals surface area (Å²) < 4.78 is 0. The largest absolute Gasteiger partial charge is 0.269 e. The summed E-state index contributed by atoms with van der Waals surface area (Å²) in [6, 6.07) is 28.3. The summed E-state index contributed by atoms with van der Waals surface area (Å²) >= 11 is 0. The fourth-order valence-corrected chi connectivity index (χ4v) is 6.16. The number of benzene rings is 3. The number of allylic oxidation sites excluding steroid dienone is 5. The van der Waals surface area contributed by atoms with Gasteiger partial charge in [0.2, 0.25) is 0 Å². The zero-order valence-electron chi connectivity index (χ0n) is 25.2. The van der Waals surface area contributed by atoms with Crippen LogP contribution in [0.2, 0.25) is 0 Å². The average molecular weight is 562 g/mol. The van der Waals surface area contributed by atoms with E-state index in [1.165, 1.54) is 45.4 Å². The fraction of sp³-hybridized carbons (Fsp3) is 0.225. The number of hydrogen-bond acceptors (Lipinski definition) is 3. The van der Waals surface area contributed by atoms with Crippen LogP contribution in [0.4, 0.5) is 0 Å². The number of fused-ring (bicyclic) bond motifs is 3. The summed E-state index contributed by atoms with van der Waals surface area (Å²) in [5, 5.41) is 0. The Morgan fingerprint density at radius 3 is 2.49 bits per heavy atom. The number of hydrogen-bond donors (Lipinski definition) is 0. The molecule has 214 valence electrons. The van der Waals surface area contributed by atoms with Crippen LogP contribution in [0.1, 0.15) is 74.1 Å². The topological polar surface area (TPSA) is 38.1 Å². The van der Waals surface area contributed by atoms with Crippen molar-refractivity contribution in [3.05, 3.63) is 144 Å². The maximum Gasteiger partial charge on any atom is 0.159 e. The molecule has 0 fully saturated rings. The molecule has 6 rings (SSSR count). The van der Waals surface area contributed by atoms with E-state index >= 15 is 0 Å². The molecule has 0 amide bonds. The van der Waals surface area contributed by atoms with E-state index in [-0.39, 0.29) is 0 Å². The molecule has 3 heteroatoms. The van der Waals surface area contributed by atoms with Crippen LogP contribution in [-0.2, 0) is 0 Å². The van der Waals surface area contributed by atoms with E-state index in [1.54, 1.807) is 0 Å². The lowest BCUT2D eigenvalue weighted by molar-refractivity contribution is 0.514. The monoisotopic (exact) mass is 561 g/mol. The lowest BCUT2D eigenvalue weighted by Gasteiger charge is -2.33. The van der Waals surface area contributed by atoms with E-state index < -0.39 is 0 Å². The first-order valence-electron chi connectivity index (χ1n) is 15.5. The molecule has 2 unspecified atom stereocenters. The highest BCUT2D eigenvalue weighted by atomic mass is 14.9. The van der Waals surface area contributed by atoms with Gasteiger partial charge in [-0.25, -0.2) is 9.97 Å². The van der Waals surface area contributed by atoms with E-state index in [2.05, 4.69) is 121 Å². The Labute approximate surface area is 256 Å². The zero-order valence-corrected chi connectivity index (χ0v) is 25.2. The summed E-state index contributed by atoms with van der Waals surface area (Å²) in [5.41, 5.74) is 12.0. The molecular weight excluding hydrogens is 522 g/mol. The molecule has 2 atom stereocenters. The molecule has 0 spiro atoms. The minimum atomic E-state index is 0.495. The van der Waals surface area contributed by atoms with Crippen LogP contribution in [0.5, 0.6) is 0 Å². The first-order valence-corrected chi connectivity index (χ1v) is 15.5. The Bertz CT molecular complexity index is 1720. The average Bonchev–Trinajstić information content (AvgIpc) is 3.06. The second kappa shape index (κ2) is 13.1. The number of nitrogens with zero attached hydrogens (tertiary/aromatic N) is 3. The van der Waals surface area contributed by atoms with Crippen LogP contribution < -0.4 is 0 Å². The van der Waals surface area contributed by atoms with Gasteiger partial charge in [0.05, 0.1) is 5.69 Å². The van der Waals surface area contributed by atoms with E-state index in [1.807, 2.05) is 24.7 Å². The smallest absolute Gasteiger partial charge is 0.159 e. The molecule has 2 aliphatic rings. The summed E-state index contributed by atoms with van der Waals surface area (Å²) in [6.45, 7) is 8.24. The molecule has 0 saturated heterocycles. The Hall–Kier alpha value is -4.63. The van der Waals surface area contributed by atoms with Crippen molar-refractivity contribution >= 4 is 17.4 Å². The summed E-state index contributed by atoms with van der Waals surface area (Å²) in [7, 11) is 0. The fourth-order valence-electron chi connectivity index (χ4n) is 6.16. The highest BCUT2D eigenvalue weighted by Crippen LogP contribution is 2.45. The third-order valence-electron chi connectivity index (χ3n) is 8.46. The Morgan fingerprint density at radius 1 is 0.930 bits per heavy atom. The van der Waals surface area contributed by atoms with Gasteiger partial charge in [0, 0.05) is 35.7 Å². The van der Waals surface area contributed by atoms with E-state index in [4.69, 9.17) is 4.98 Å². The zero-order chi connectivity index (χ0) is 29.6. The van der Waals surface area contributed by atoms with E-state index in [9.17, 15) is 0 Å². The van der Waals surface area contributed by atoms with Crippen molar-refractivity contribution in [2.45, 2.75) is 51.9 Å². The lowest BCUT2D eigenvalue weighted by atomic mass is 9.71. The van der Waals surface area contributed by atoms with Crippen LogP contribution in [-0.4, -0.2) is 16.2 Å². The molecule has 1 aromatic heterocycles. The van der Waals surface area contributed by atoms with Gasteiger partial charge >= 0.3 is 0 Å². The Kier molecular flexibility index (Phi) is 8.70. The van der Waals surface area contributed by atoms with Gasteiger partial charge in [-0.15, -0.1) is 6.58 Å². The Morgan fingerprint density at radius 2 is 1.70 bits per heavy atom. The van der Waals surface area contributed by atoms with E-state index in [0.717, 1.165) is 48.3 Å². The van der Waals surface area contributed by atoms with Gasteiger partial charge in [-0.3, -0.25) is 4.99 Å². The van der Waals surface area contributed by atoms with Crippen molar-refractivity contribution in [2.24, 2.45) is 10.9 Å². The standard InChI is InChI=1S/C40H39N3/c1-4-24-41-27-34(14-13-28(2)3)29-15-21-32(22-16-29)40-42-25-23-39(43-40)31-19-17-30(18-20-31)38-26-33-9-5-6-10-35(33)36-11-7-8-12-37(36)38/h6-8,10-12,15-27,33,35H,2,4-5,9,13-14H2,1,3H3/b34-27+,41-24+. The predicted octanol–water partition coefficient (Wildman–Crippen LogP) is 10.5. The van der Waals surface area contributed by atoms with Crippen molar-refractivity contribution < 1.29 is 0 Å². The van der Waals surface area contributed by atoms with E-state index in [0.29, 0.717) is 11.8 Å². The maximum absolute atomic E-state index is 4.96. The molecule has 3 nitrogen and oxygen atoms in total. The summed E-state index contributed by atoms with van der Waals surface area (Å²) in [6.07, 6.45) is 18.2. The molecule has 0 aliphatic heterocycles. The minimum absolute atomic E-state index is 0.495. The third-order valence-corrected chi connectivity index (χ3v) is 8.46. The van der Waals surface area contributed by atoms with Gasteiger partial charge in [0.15, 0.2) is 5.82 Å². The first-order chi connectivity index (χ1) is 21.1. The molecule has 0 N–H and O–H groups in total. The van der Waals surface area contributed by atoms with Crippen LogP contribution in [0.25, 0.3) is 33.8 Å². The van der Waals surface area contributed by atoms with Gasteiger partial charge in [-0.05, 0) is 84.4 Å². The number of aliphatic imine (C=N–C) groups is 1. The molecule has 43 heavy (non-hydrogen) atoms. The van der Waals surface area contributed by atoms with Crippen molar-refractivity contribution in [3.63, 3.8) is 0 Å². The van der Waals surface area contributed by atoms with Gasteiger partial charge in [0.1, 0.15) is 0 Å². The number of aromatic nitrogens is 2. The molecule has 0 radical (unpaired) electrons. The van der Waals surface area contributed by atoms with Crippen LogP contribution in [0.15, 0.2) is 127 Å². The molecular formula is C40H39N3. The first kappa shape index (κ1) is 28.5. The third kappa shape index (κ3) is 6.41. The molecule has 3 aromatic carbocycles. The second-order valence-corrected chi connectivity index (χ2v) is 11.6. The summed E-state index contributed by atoms with van der Waals surface area (Å²) in [5.74, 6) is 1.78. The van der Waals surface area contributed by atoms with Crippen molar-refractivity contribution in [3.8, 4) is 22.6 Å². The normalized spacial score (nSPS) is 17.8. The van der Waals surface area contributed by atoms with Crippen LogP contribution in [0.3, 0.4) is 0 Å². The Balaban J connectivity index is 1.24. The van der Waals surface area contributed by atoms with Gasteiger partial charge in [-0.1, -0.05) is 104 Å². The summed E-state index contributed by atoms with van der Waals surface area (Å²) in [4.78, 5) is 14.1. The molecule has 4 aromatic rings. The number of rotatable bonds is 9. The van der Waals surface area contributed by atoms with Crippen LogP contribution in [0, 0.1) is 5.92 Å².